The van der Waals surface area contributed by atoms with Gasteiger partial charge in [0.05, 0.1) is 31.5 Å². The minimum absolute atomic E-state index is 0.0447. The molecule has 12 nitrogen and oxygen atoms in total. The fourth-order valence-electron chi connectivity index (χ4n) is 3.53. The summed E-state index contributed by atoms with van der Waals surface area (Å²) in [5, 5.41) is 17.7. The fourth-order valence-corrected chi connectivity index (χ4v) is 3.53. The van der Waals surface area contributed by atoms with Crippen molar-refractivity contribution in [3.63, 3.8) is 0 Å². The molecule has 0 unspecified atom stereocenters. The lowest BCUT2D eigenvalue weighted by Crippen LogP contribution is -2.45. The number of amides is 3. The highest BCUT2D eigenvalue weighted by molar-refractivity contribution is 5.95. The Morgan fingerprint density at radius 1 is 1.16 bits per heavy atom. The van der Waals surface area contributed by atoms with Gasteiger partial charge in [0.1, 0.15) is 11.8 Å². The van der Waals surface area contributed by atoms with Crippen molar-refractivity contribution in [3.05, 3.63) is 64.9 Å². The number of hydrogen-bond donors (Lipinski definition) is 3. The van der Waals surface area contributed by atoms with Crippen LogP contribution < -0.4 is 30.3 Å². The number of nitrogens with zero attached hydrogens (tertiary/aromatic N) is 2. The SMILES string of the molecule is CCOC(=O)C1=C(C)NC(=O)N[C@H]1c1ccc(OCC(=O)N/N=C\c2ccc(OCC#N)cc2)c(OC)c1. The highest BCUT2D eigenvalue weighted by atomic mass is 16.5. The average Bonchev–Trinajstić information content (AvgIpc) is 2.91. The summed E-state index contributed by atoms with van der Waals surface area (Å²) in [5.74, 6) is 0.0671. The van der Waals surface area contributed by atoms with Gasteiger partial charge >= 0.3 is 12.0 Å². The van der Waals surface area contributed by atoms with Gasteiger partial charge in [-0.25, -0.2) is 15.0 Å². The van der Waals surface area contributed by atoms with Crippen LogP contribution in [0.2, 0.25) is 0 Å². The molecule has 0 fully saturated rings. The van der Waals surface area contributed by atoms with E-state index in [1.165, 1.54) is 13.3 Å². The lowest BCUT2D eigenvalue weighted by atomic mass is 9.95. The molecule has 198 valence electrons. The van der Waals surface area contributed by atoms with Gasteiger partial charge in [-0.15, -0.1) is 0 Å². The Hall–Kier alpha value is -5.05. The van der Waals surface area contributed by atoms with E-state index in [9.17, 15) is 14.4 Å². The number of benzene rings is 2. The number of hydrazone groups is 1. The van der Waals surface area contributed by atoms with E-state index in [-0.39, 0.29) is 31.1 Å². The Morgan fingerprint density at radius 3 is 2.61 bits per heavy atom. The van der Waals surface area contributed by atoms with Crippen molar-refractivity contribution >= 4 is 24.1 Å². The van der Waals surface area contributed by atoms with Crippen molar-refractivity contribution in [2.45, 2.75) is 19.9 Å². The molecular formula is C26H27N5O7. The molecule has 0 bridgehead atoms. The molecule has 1 aliphatic heterocycles. The average molecular weight is 522 g/mol. The number of nitriles is 1. The molecule has 3 N–H and O–H groups in total. The Bertz CT molecular complexity index is 1280. The first kappa shape index (κ1) is 27.5. The van der Waals surface area contributed by atoms with Crippen molar-refractivity contribution < 1.29 is 33.3 Å². The molecular weight excluding hydrogens is 494 g/mol. The standard InChI is InChI=1S/C26H27N5O7/c1-4-36-25(33)23-16(2)29-26(34)30-24(23)18-7-10-20(21(13-18)35-3)38-15-22(32)31-28-14-17-5-8-19(9-6-17)37-12-11-27/h5-10,13-14,24H,4,12,15H2,1-3H3,(H,31,32)(H2,29,30,34)/b28-14-/t24-/m0/s1. The van der Waals surface area contributed by atoms with E-state index in [0.29, 0.717) is 28.3 Å². The highest BCUT2D eigenvalue weighted by Gasteiger charge is 2.32. The zero-order chi connectivity index (χ0) is 27.5. The van der Waals surface area contributed by atoms with Gasteiger partial charge in [-0.3, -0.25) is 4.79 Å². The number of rotatable bonds is 11. The van der Waals surface area contributed by atoms with Crippen molar-refractivity contribution in [2.75, 3.05) is 26.9 Å². The first-order chi connectivity index (χ1) is 18.4. The van der Waals surface area contributed by atoms with Crippen LogP contribution in [0, 0.1) is 11.3 Å². The summed E-state index contributed by atoms with van der Waals surface area (Å²) in [5.41, 5.74) is 4.29. The number of carbonyl (C=O) groups excluding carboxylic acids is 3. The largest absolute Gasteiger partial charge is 0.493 e. The molecule has 1 atom stereocenters. The van der Waals surface area contributed by atoms with Gasteiger partial charge in [0.15, 0.2) is 24.7 Å². The molecule has 2 aromatic carbocycles. The molecule has 0 aromatic heterocycles. The summed E-state index contributed by atoms with van der Waals surface area (Å²) in [7, 11) is 1.43. The Morgan fingerprint density at radius 2 is 1.92 bits per heavy atom. The third kappa shape index (κ3) is 7.23. The van der Waals surface area contributed by atoms with E-state index in [0.717, 1.165) is 0 Å². The van der Waals surface area contributed by atoms with Crippen molar-refractivity contribution in [1.29, 1.82) is 5.26 Å². The lowest BCUT2D eigenvalue weighted by molar-refractivity contribution is -0.139. The number of esters is 1. The van der Waals surface area contributed by atoms with Crippen LogP contribution in [-0.2, 0) is 14.3 Å². The molecule has 12 heteroatoms. The number of urea groups is 1. The quantitative estimate of drug-likeness (QED) is 0.231. The van der Waals surface area contributed by atoms with Gasteiger partial charge in [-0.05, 0) is 61.4 Å². The lowest BCUT2D eigenvalue weighted by Gasteiger charge is -2.28. The van der Waals surface area contributed by atoms with Gasteiger partial charge in [-0.1, -0.05) is 6.07 Å². The summed E-state index contributed by atoms with van der Waals surface area (Å²) in [6.07, 6.45) is 1.45. The van der Waals surface area contributed by atoms with E-state index in [2.05, 4.69) is 21.2 Å². The normalized spacial score (nSPS) is 14.7. The summed E-state index contributed by atoms with van der Waals surface area (Å²) in [6.45, 7) is 3.11. The molecule has 2 aromatic rings. The number of nitrogens with one attached hydrogen (secondary N) is 3. The van der Waals surface area contributed by atoms with Crippen LogP contribution >= 0.6 is 0 Å². The van der Waals surface area contributed by atoms with Crippen molar-refractivity contribution in [1.82, 2.24) is 16.1 Å². The monoisotopic (exact) mass is 521 g/mol. The Labute approximate surface area is 219 Å². The topological polar surface area (TPSA) is 160 Å². The minimum Gasteiger partial charge on any atom is -0.493 e. The van der Waals surface area contributed by atoms with E-state index in [4.69, 9.17) is 24.2 Å². The van der Waals surface area contributed by atoms with Crippen molar-refractivity contribution in [3.8, 4) is 23.3 Å². The van der Waals surface area contributed by atoms with E-state index < -0.39 is 23.9 Å². The van der Waals surface area contributed by atoms with Crippen LogP contribution in [-0.4, -0.2) is 51.1 Å². The first-order valence-corrected chi connectivity index (χ1v) is 11.5. The number of ether oxygens (including phenoxy) is 4. The van der Waals surface area contributed by atoms with Gasteiger partial charge in [0.2, 0.25) is 0 Å². The smallest absolute Gasteiger partial charge is 0.338 e. The van der Waals surface area contributed by atoms with Gasteiger partial charge in [0, 0.05) is 5.70 Å². The maximum atomic E-state index is 12.5. The molecule has 1 aliphatic rings. The molecule has 38 heavy (non-hydrogen) atoms. The fraction of sp³-hybridized carbons (Fsp3) is 0.269. The number of methoxy groups -OCH3 is 1. The van der Waals surface area contributed by atoms with Crippen LogP contribution in [0.4, 0.5) is 4.79 Å². The van der Waals surface area contributed by atoms with Crippen molar-refractivity contribution in [2.24, 2.45) is 5.10 Å². The van der Waals surface area contributed by atoms with E-state index in [1.807, 2.05) is 6.07 Å². The zero-order valence-corrected chi connectivity index (χ0v) is 21.1. The number of hydrogen-bond acceptors (Lipinski definition) is 9. The predicted molar refractivity (Wildman–Crippen MR) is 136 cm³/mol. The maximum absolute atomic E-state index is 12.5. The predicted octanol–water partition coefficient (Wildman–Crippen LogP) is 2.32. The molecule has 0 radical (unpaired) electrons. The van der Waals surface area contributed by atoms with Crippen LogP contribution in [0.1, 0.15) is 31.0 Å². The highest BCUT2D eigenvalue weighted by Crippen LogP contribution is 2.34. The summed E-state index contributed by atoms with van der Waals surface area (Å²) in [6, 6.07) is 12.3. The maximum Gasteiger partial charge on any atom is 0.338 e. The van der Waals surface area contributed by atoms with Crippen LogP contribution in [0.3, 0.4) is 0 Å². The molecule has 0 saturated carbocycles. The third-order valence-corrected chi connectivity index (χ3v) is 5.23. The van der Waals surface area contributed by atoms with E-state index >= 15 is 0 Å². The molecule has 0 saturated heterocycles. The Balaban J connectivity index is 1.63. The third-order valence-electron chi connectivity index (χ3n) is 5.23. The van der Waals surface area contributed by atoms with Crippen LogP contribution in [0.15, 0.2) is 58.8 Å². The van der Waals surface area contributed by atoms with E-state index in [1.54, 1.807) is 56.3 Å². The molecule has 0 spiro atoms. The summed E-state index contributed by atoms with van der Waals surface area (Å²) in [4.78, 5) is 36.8. The minimum atomic E-state index is -0.768. The second kappa shape index (κ2) is 13.3. The summed E-state index contributed by atoms with van der Waals surface area (Å²) >= 11 is 0. The number of allylic oxidation sites excluding steroid dienone is 1. The number of carbonyl (C=O) groups is 3. The Kier molecular flexibility index (Phi) is 9.65. The van der Waals surface area contributed by atoms with Crippen LogP contribution in [0.5, 0.6) is 17.2 Å². The van der Waals surface area contributed by atoms with Crippen LogP contribution in [0.25, 0.3) is 0 Å². The first-order valence-electron chi connectivity index (χ1n) is 11.5. The molecule has 0 aliphatic carbocycles. The second-order valence-corrected chi connectivity index (χ2v) is 7.80. The van der Waals surface area contributed by atoms with Gasteiger partial charge in [-0.2, -0.15) is 10.4 Å². The van der Waals surface area contributed by atoms with Gasteiger partial charge < -0.3 is 29.6 Å². The van der Waals surface area contributed by atoms with Gasteiger partial charge in [0.25, 0.3) is 5.91 Å². The molecule has 3 amide bonds. The second-order valence-electron chi connectivity index (χ2n) is 7.80. The summed E-state index contributed by atoms with van der Waals surface area (Å²) < 4.78 is 21.3. The zero-order valence-electron chi connectivity index (χ0n) is 21.1. The molecule has 3 rings (SSSR count). The molecule has 1 heterocycles.